The molecular weight excluding hydrogens is 250 g/mol. The molecule has 1 heterocycles. The molecule has 1 amide bonds. The minimum absolute atomic E-state index is 0.0437. The molecule has 0 radical (unpaired) electrons. The maximum absolute atomic E-state index is 13.9. The van der Waals surface area contributed by atoms with Crippen LogP contribution in [0, 0.1) is 11.6 Å². The normalized spacial score (nSPS) is 22.8. The number of nitrogens with zero attached hydrogens (tertiary/aromatic N) is 1. The molecule has 2 rings (SSSR count). The summed E-state index contributed by atoms with van der Waals surface area (Å²) >= 11 is 0. The summed E-state index contributed by atoms with van der Waals surface area (Å²) in [6.45, 7) is 2.48. The van der Waals surface area contributed by atoms with Gasteiger partial charge in [0.15, 0.2) is 0 Å². The highest BCUT2D eigenvalue weighted by Gasteiger charge is 2.37. The van der Waals surface area contributed by atoms with E-state index < -0.39 is 11.6 Å². The van der Waals surface area contributed by atoms with E-state index in [0.717, 1.165) is 12.1 Å². The molecule has 0 saturated carbocycles. The second-order valence-electron chi connectivity index (χ2n) is 4.92. The first-order chi connectivity index (χ1) is 9.04. The topological polar surface area (TPSA) is 46.3 Å². The number of halogens is 2. The molecule has 0 bridgehead atoms. The van der Waals surface area contributed by atoms with Crippen LogP contribution in [0.3, 0.4) is 0 Å². The van der Waals surface area contributed by atoms with Gasteiger partial charge in [-0.05, 0) is 43.1 Å². The van der Waals surface area contributed by atoms with Crippen LogP contribution in [0.5, 0.6) is 0 Å². The maximum Gasteiger partial charge on any atom is 0.219 e. The van der Waals surface area contributed by atoms with Crippen LogP contribution in [0.4, 0.5) is 8.78 Å². The van der Waals surface area contributed by atoms with E-state index in [-0.39, 0.29) is 17.9 Å². The van der Waals surface area contributed by atoms with Crippen molar-refractivity contribution in [1.82, 2.24) is 4.90 Å². The van der Waals surface area contributed by atoms with Crippen molar-refractivity contribution in [3.63, 3.8) is 0 Å². The Morgan fingerprint density at radius 2 is 2.21 bits per heavy atom. The lowest BCUT2D eigenvalue weighted by Gasteiger charge is -2.27. The Balaban J connectivity index is 2.32. The van der Waals surface area contributed by atoms with Gasteiger partial charge in [0, 0.05) is 25.4 Å². The minimum Gasteiger partial charge on any atom is -0.339 e. The first-order valence-corrected chi connectivity index (χ1v) is 6.46. The van der Waals surface area contributed by atoms with E-state index in [0.29, 0.717) is 31.5 Å². The van der Waals surface area contributed by atoms with Gasteiger partial charge in [0.25, 0.3) is 0 Å². The van der Waals surface area contributed by atoms with Gasteiger partial charge >= 0.3 is 0 Å². The lowest BCUT2D eigenvalue weighted by Crippen LogP contribution is -2.37. The van der Waals surface area contributed by atoms with E-state index in [1.807, 2.05) is 0 Å². The number of nitrogens with two attached hydrogens (primary N) is 1. The number of rotatable bonds is 3. The average molecular weight is 268 g/mol. The van der Waals surface area contributed by atoms with Crippen LogP contribution >= 0.6 is 0 Å². The SMILES string of the molecule is CC(=O)N1CCC(c2cc(F)ccc2F)C1CCN. The average Bonchev–Trinajstić information content (AvgIpc) is 2.76. The zero-order chi connectivity index (χ0) is 14.0. The van der Waals surface area contributed by atoms with Crippen molar-refractivity contribution in [1.29, 1.82) is 0 Å². The summed E-state index contributed by atoms with van der Waals surface area (Å²) in [6, 6.07) is 3.33. The van der Waals surface area contributed by atoms with Crippen LogP contribution in [-0.4, -0.2) is 29.9 Å². The van der Waals surface area contributed by atoms with Gasteiger partial charge in [0.1, 0.15) is 11.6 Å². The van der Waals surface area contributed by atoms with Gasteiger partial charge in [-0.3, -0.25) is 4.79 Å². The molecule has 2 atom stereocenters. The van der Waals surface area contributed by atoms with Gasteiger partial charge in [0.05, 0.1) is 0 Å². The molecule has 0 aliphatic carbocycles. The van der Waals surface area contributed by atoms with Crippen LogP contribution in [-0.2, 0) is 4.79 Å². The standard InChI is InChI=1S/C14H18F2N2O/c1-9(19)18-7-5-11(14(18)4-6-17)12-8-10(15)2-3-13(12)16/h2-3,8,11,14H,4-7,17H2,1H3. The monoisotopic (exact) mass is 268 g/mol. The van der Waals surface area contributed by atoms with Crippen LogP contribution in [0.15, 0.2) is 18.2 Å². The molecule has 3 nitrogen and oxygen atoms in total. The highest BCUT2D eigenvalue weighted by atomic mass is 19.1. The van der Waals surface area contributed by atoms with Crippen molar-refractivity contribution in [3.05, 3.63) is 35.4 Å². The van der Waals surface area contributed by atoms with Crippen molar-refractivity contribution in [2.24, 2.45) is 5.73 Å². The van der Waals surface area contributed by atoms with Gasteiger partial charge < -0.3 is 10.6 Å². The molecule has 1 aliphatic heterocycles. The van der Waals surface area contributed by atoms with E-state index in [1.54, 1.807) is 4.90 Å². The van der Waals surface area contributed by atoms with Crippen molar-refractivity contribution in [2.75, 3.05) is 13.1 Å². The summed E-state index contributed by atoms with van der Waals surface area (Å²) in [5.74, 6) is -1.09. The van der Waals surface area contributed by atoms with Gasteiger partial charge in [-0.2, -0.15) is 0 Å². The summed E-state index contributed by atoms with van der Waals surface area (Å²) in [5.41, 5.74) is 5.92. The first-order valence-electron chi connectivity index (χ1n) is 6.46. The summed E-state index contributed by atoms with van der Waals surface area (Å²) in [5, 5.41) is 0. The quantitative estimate of drug-likeness (QED) is 0.911. The van der Waals surface area contributed by atoms with Crippen LogP contribution in [0.1, 0.15) is 31.2 Å². The summed E-state index contributed by atoms with van der Waals surface area (Å²) < 4.78 is 27.2. The zero-order valence-corrected chi connectivity index (χ0v) is 10.9. The predicted octanol–water partition coefficient (Wildman–Crippen LogP) is 2.02. The van der Waals surface area contributed by atoms with E-state index in [9.17, 15) is 13.6 Å². The Hall–Kier alpha value is -1.49. The Morgan fingerprint density at radius 1 is 1.47 bits per heavy atom. The summed E-state index contributed by atoms with van der Waals surface area (Å²) in [4.78, 5) is 13.3. The summed E-state index contributed by atoms with van der Waals surface area (Å²) in [6.07, 6.45) is 1.24. The Labute approximate surface area is 111 Å². The first kappa shape index (κ1) is 13.9. The molecule has 1 aromatic carbocycles. The number of likely N-dealkylation sites (tertiary alicyclic amines) is 1. The van der Waals surface area contributed by atoms with Crippen molar-refractivity contribution >= 4 is 5.91 Å². The predicted molar refractivity (Wildman–Crippen MR) is 68.6 cm³/mol. The third kappa shape index (κ3) is 2.76. The molecule has 1 saturated heterocycles. The second-order valence-corrected chi connectivity index (χ2v) is 4.92. The zero-order valence-electron chi connectivity index (χ0n) is 10.9. The van der Waals surface area contributed by atoms with E-state index in [1.165, 1.54) is 13.0 Å². The maximum atomic E-state index is 13.9. The molecule has 2 unspecified atom stereocenters. The third-order valence-corrected chi connectivity index (χ3v) is 3.77. The summed E-state index contributed by atoms with van der Waals surface area (Å²) in [7, 11) is 0. The van der Waals surface area contributed by atoms with E-state index in [4.69, 9.17) is 5.73 Å². The number of carbonyl (C=O) groups is 1. The molecule has 104 valence electrons. The minimum atomic E-state index is -0.454. The van der Waals surface area contributed by atoms with Crippen LogP contribution in [0.2, 0.25) is 0 Å². The van der Waals surface area contributed by atoms with Gasteiger partial charge in [-0.15, -0.1) is 0 Å². The van der Waals surface area contributed by atoms with Crippen molar-refractivity contribution < 1.29 is 13.6 Å². The number of amides is 1. The fraction of sp³-hybridized carbons (Fsp3) is 0.500. The molecule has 5 heteroatoms. The van der Waals surface area contributed by atoms with E-state index >= 15 is 0 Å². The lowest BCUT2D eigenvalue weighted by molar-refractivity contribution is -0.129. The molecule has 0 aromatic heterocycles. The fourth-order valence-corrected chi connectivity index (χ4v) is 2.93. The second kappa shape index (κ2) is 5.65. The van der Waals surface area contributed by atoms with Crippen molar-refractivity contribution in [3.8, 4) is 0 Å². The van der Waals surface area contributed by atoms with Gasteiger partial charge in [-0.25, -0.2) is 8.78 Å². The smallest absolute Gasteiger partial charge is 0.219 e. The van der Waals surface area contributed by atoms with E-state index in [2.05, 4.69) is 0 Å². The molecule has 1 aliphatic rings. The highest BCUT2D eigenvalue weighted by molar-refractivity contribution is 5.74. The molecule has 2 N–H and O–H groups in total. The van der Waals surface area contributed by atoms with Crippen LogP contribution < -0.4 is 5.73 Å². The van der Waals surface area contributed by atoms with Gasteiger partial charge in [0.2, 0.25) is 5.91 Å². The number of carbonyl (C=O) groups excluding carboxylic acids is 1. The Bertz CT molecular complexity index is 479. The Morgan fingerprint density at radius 3 is 2.84 bits per heavy atom. The molecule has 0 spiro atoms. The molecule has 19 heavy (non-hydrogen) atoms. The van der Waals surface area contributed by atoms with Crippen LogP contribution in [0.25, 0.3) is 0 Å². The third-order valence-electron chi connectivity index (χ3n) is 3.77. The lowest BCUT2D eigenvalue weighted by atomic mass is 9.89. The van der Waals surface area contributed by atoms with Gasteiger partial charge in [-0.1, -0.05) is 0 Å². The number of hydrogen-bond donors (Lipinski definition) is 1. The number of benzene rings is 1. The largest absolute Gasteiger partial charge is 0.339 e. The molecule has 1 aromatic rings. The van der Waals surface area contributed by atoms with Crippen molar-refractivity contribution in [2.45, 2.75) is 31.7 Å². The molecular formula is C14H18F2N2O. The fourth-order valence-electron chi connectivity index (χ4n) is 2.93. The Kier molecular flexibility index (Phi) is 4.14. The highest BCUT2D eigenvalue weighted by Crippen LogP contribution is 2.36. The molecule has 1 fully saturated rings. The number of hydrogen-bond acceptors (Lipinski definition) is 2.